The van der Waals surface area contributed by atoms with Crippen molar-refractivity contribution in [2.75, 3.05) is 25.7 Å². The van der Waals surface area contributed by atoms with Crippen molar-refractivity contribution >= 4 is 27.8 Å². The largest absolute Gasteiger partial charge is 0.497 e. The van der Waals surface area contributed by atoms with Crippen LogP contribution in [0.3, 0.4) is 0 Å². The number of nitrogens with zero attached hydrogens (tertiary/aromatic N) is 3. The number of hydrogen-bond donors (Lipinski definition) is 2. The minimum absolute atomic E-state index is 0.375. The van der Waals surface area contributed by atoms with Crippen LogP contribution in [0.15, 0.2) is 67.0 Å². The van der Waals surface area contributed by atoms with Crippen LogP contribution < -0.4 is 20.9 Å². The summed E-state index contributed by atoms with van der Waals surface area (Å²) in [5, 5.41) is 6.57. The second-order valence-corrected chi connectivity index (χ2v) is 7.21. The van der Waals surface area contributed by atoms with Gasteiger partial charge in [-0.05, 0) is 52.2 Å². The maximum absolute atomic E-state index is 6.32. The van der Waals surface area contributed by atoms with Crippen LogP contribution in [0.2, 0.25) is 0 Å². The molecule has 0 bridgehead atoms. The summed E-state index contributed by atoms with van der Waals surface area (Å²) in [6.07, 6.45) is 1.42. The lowest BCUT2D eigenvalue weighted by Gasteiger charge is -2.10. The second-order valence-electron chi connectivity index (χ2n) is 7.21. The molecule has 0 aliphatic rings. The smallest absolute Gasteiger partial charge is 0.223 e. The zero-order valence-corrected chi connectivity index (χ0v) is 17.2. The fraction of sp³-hybridized carbons (Fsp3) is 0.0833. The molecule has 0 fully saturated rings. The summed E-state index contributed by atoms with van der Waals surface area (Å²) in [5.41, 5.74) is 17.3. The summed E-state index contributed by atoms with van der Waals surface area (Å²) in [5.74, 6) is 1.77. The van der Waals surface area contributed by atoms with Gasteiger partial charge in [0.05, 0.1) is 19.8 Å². The number of fused-ring (bicyclic) bond motifs is 2. The summed E-state index contributed by atoms with van der Waals surface area (Å²) in [4.78, 5) is 4.23. The molecule has 0 saturated carbocycles. The molecule has 4 N–H and O–H groups in total. The Morgan fingerprint density at radius 2 is 1.48 bits per heavy atom. The number of aromatic nitrogens is 3. The topological polar surface area (TPSA) is 101 Å². The minimum atomic E-state index is 0.375. The molecule has 2 heterocycles. The summed E-state index contributed by atoms with van der Waals surface area (Å²) in [7, 11) is 3.29. The number of anilines is 2. The number of benzene rings is 3. The number of rotatable bonds is 4. The first-order valence-electron chi connectivity index (χ1n) is 9.74. The zero-order chi connectivity index (χ0) is 21.5. The molecule has 0 aliphatic carbocycles. The van der Waals surface area contributed by atoms with E-state index in [-0.39, 0.29) is 0 Å². The van der Waals surface area contributed by atoms with Gasteiger partial charge in [0.15, 0.2) is 5.82 Å². The second kappa shape index (κ2) is 7.21. The molecule has 0 radical (unpaired) electrons. The Kier molecular flexibility index (Phi) is 4.36. The van der Waals surface area contributed by atoms with Crippen molar-refractivity contribution in [1.82, 2.24) is 14.6 Å². The molecule has 3 aromatic carbocycles. The predicted octanol–water partition coefficient (Wildman–Crippen LogP) is 4.40. The normalized spacial score (nSPS) is 11.2. The van der Waals surface area contributed by atoms with Crippen LogP contribution in [0.5, 0.6) is 11.6 Å². The van der Waals surface area contributed by atoms with Gasteiger partial charge in [-0.15, -0.1) is 0 Å². The van der Waals surface area contributed by atoms with Crippen molar-refractivity contribution < 1.29 is 9.47 Å². The quantitative estimate of drug-likeness (QED) is 0.425. The Bertz CT molecular complexity index is 1420. The highest BCUT2D eigenvalue weighted by Gasteiger charge is 2.25. The van der Waals surface area contributed by atoms with Crippen molar-refractivity contribution in [2.45, 2.75) is 0 Å². The summed E-state index contributed by atoms with van der Waals surface area (Å²) in [6.45, 7) is 0. The van der Waals surface area contributed by atoms with Gasteiger partial charge < -0.3 is 20.9 Å². The van der Waals surface area contributed by atoms with Crippen LogP contribution in [-0.2, 0) is 0 Å². The Hall–Kier alpha value is -4.26. The van der Waals surface area contributed by atoms with E-state index >= 15 is 0 Å². The number of ether oxygens (including phenoxy) is 2. The Morgan fingerprint density at radius 3 is 2.23 bits per heavy atom. The fourth-order valence-electron chi connectivity index (χ4n) is 3.98. The van der Waals surface area contributed by atoms with E-state index in [2.05, 4.69) is 28.3 Å². The average molecular weight is 411 g/mol. The van der Waals surface area contributed by atoms with Crippen molar-refractivity contribution in [3.8, 4) is 33.9 Å². The fourth-order valence-corrected chi connectivity index (χ4v) is 3.98. The molecular weight excluding hydrogens is 390 g/mol. The molecule has 7 nitrogen and oxygen atoms in total. The molecule has 31 heavy (non-hydrogen) atoms. The van der Waals surface area contributed by atoms with Gasteiger partial charge in [0.1, 0.15) is 17.6 Å². The average Bonchev–Trinajstić information content (AvgIpc) is 3.14. The zero-order valence-electron chi connectivity index (χ0n) is 17.2. The third-order valence-electron chi connectivity index (χ3n) is 5.44. The van der Waals surface area contributed by atoms with Gasteiger partial charge in [-0.2, -0.15) is 9.61 Å². The molecule has 0 amide bonds. The summed E-state index contributed by atoms with van der Waals surface area (Å²) >= 11 is 0. The number of methoxy groups -OCH3 is 2. The lowest BCUT2D eigenvalue weighted by Crippen LogP contribution is -2.00. The van der Waals surface area contributed by atoms with Gasteiger partial charge in [-0.3, -0.25) is 0 Å². The highest BCUT2D eigenvalue weighted by molar-refractivity contribution is 6.03. The van der Waals surface area contributed by atoms with Gasteiger partial charge in [-0.25, -0.2) is 4.98 Å². The van der Waals surface area contributed by atoms with Crippen LogP contribution in [0.1, 0.15) is 0 Å². The highest BCUT2D eigenvalue weighted by atomic mass is 16.5. The molecule has 5 rings (SSSR count). The molecule has 0 atom stereocenters. The summed E-state index contributed by atoms with van der Waals surface area (Å²) in [6, 6.07) is 19.9. The molecule has 5 aromatic rings. The molecule has 0 unspecified atom stereocenters. The highest BCUT2D eigenvalue weighted by Crippen LogP contribution is 2.45. The molecule has 0 saturated heterocycles. The number of nitrogens with two attached hydrogens (primary N) is 2. The molecule has 0 aliphatic heterocycles. The third-order valence-corrected chi connectivity index (χ3v) is 5.44. The van der Waals surface area contributed by atoms with Crippen molar-refractivity contribution in [1.29, 1.82) is 0 Å². The SMILES string of the molecule is COc1ccc2cc(-c3c(-c4ccc(N)cc4)c(OC)n4ncnc(N)c34)ccc2c1. The molecule has 2 aromatic heterocycles. The van der Waals surface area contributed by atoms with Gasteiger partial charge in [0.2, 0.25) is 5.88 Å². The van der Waals surface area contributed by atoms with E-state index in [9.17, 15) is 0 Å². The monoisotopic (exact) mass is 411 g/mol. The van der Waals surface area contributed by atoms with Crippen LogP contribution in [-0.4, -0.2) is 28.8 Å². The van der Waals surface area contributed by atoms with E-state index in [1.165, 1.54) is 6.33 Å². The van der Waals surface area contributed by atoms with E-state index in [0.717, 1.165) is 38.8 Å². The first-order chi connectivity index (χ1) is 15.1. The van der Waals surface area contributed by atoms with Crippen molar-refractivity contribution in [2.24, 2.45) is 0 Å². The van der Waals surface area contributed by atoms with Gasteiger partial charge in [0, 0.05) is 11.3 Å². The van der Waals surface area contributed by atoms with Gasteiger partial charge >= 0.3 is 0 Å². The van der Waals surface area contributed by atoms with Crippen LogP contribution >= 0.6 is 0 Å². The Labute approximate surface area is 178 Å². The van der Waals surface area contributed by atoms with Crippen LogP contribution in [0.4, 0.5) is 11.5 Å². The molecule has 7 heteroatoms. The maximum atomic E-state index is 6.32. The van der Waals surface area contributed by atoms with E-state index in [1.54, 1.807) is 18.7 Å². The van der Waals surface area contributed by atoms with E-state index in [4.69, 9.17) is 20.9 Å². The van der Waals surface area contributed by atoms with Crippen LogP contribution in [0.25, 0.3) is 38.5 Å². The molecular formula is C24H21N5O2. The first-order valence-corrected chi connectivity index (χ1v) is 9.74. The van der Waals surface area contributed by atoms with E-state index < -0.39 is 0 Å². The lowest BCUT2D eigenvalue weighted by atomic mass is 9.95. The van der Waals surface area contributed by atoms with Gasteiger partial charge in [0.25, 0.3) is 0 Å². The van der Waals surface area contributed by atoms with Crippen molar-refractivity contribution in [3.05, 3.63) is 67.0 Å². The Morgan fingerprint density at radius 1 is 0.774 bits per heavy atom. The minimum Gasteiger partial charge on any atom is -0.497 e. The van der Waals surface area contributed by atoms with E-state index in [1.807, 2.05) is 42.5 Å². The molecule has 0 spiro atoms. The standard InChI is InChI=1S/C24H21N5O2/c1-30-19-10-7-15-11-17(4-3-16(15)12-19)20-21(14-5-8-18(25)9-6-14)24(31-2)29-22(20)23(26)27-13-28-29/h3-13H,25H2,1-2H3,(H2,26,27,28). The maximum Gasteiger partial charge on any atom is 0.223 e. The molecule has 154 valence electrons. The lowest BCUT2D eigenvalue weighted by molar-refractivity contribution is 0.389. The number of nitrogen functional groups attached to an aromatic ring is 2. The Balaban J connectivity index is 1.86. The summed E-state index contributed by atoms with van der Waals surface area (Å²) < 4.78 is 12.8. The van der Waals surface area contributed by atoms with Crippen LogP contribution in [0, 0.1) is 0 Å². The predicted molar refractivity (Wildman–Crippen MR) is 123 cm³/mol. The van der Waals surface area contributed by atoms with E-state index in [0.29, 0.717) is 22.9 Å². The first kappa shape index (κ1) is 18.7. The van der Waals surface area contributed by atoms with Gasteiger partial charge in [-0.1, -0.05) is 30.3 Å². The number of hydrogen-bond acceptors (Lipinski definition) is 6. The third kappa shape index (κ3) is 2.98. The van der Waals surface area contributed by atoms with Crippen molar-refractivity contribution in [3.63, 3.8) is 0 Å².